The molecule has 0 saturated carbocycles. The maximum atomic E-state index is 13.1. The van der Waals surface area contributed by atoms with E-state index in [1.807, 2.05) is 30.3 Å². The molecule has 2 aromatic rings. The fourth-order valence-corrected chi connectivity index (χ4v) is 1.50. The molecule has 0 saturated heterocycles. The van der Waals surface area contributed by atoms with Crippen molar-refractivity contribution in [1.82, 2.24) is 0 Å². The zero-order chi connectivity index (χ0) is 12.8. The minimum Gasteiger partial charge on any atom is -0.496 e. The van der Waals surface area contributed by atoms with Crippen LogP contribution in [0.25, 0.3) is 0 Å². The third kappa shape index (κ3) is 3.07. The lowest BCUT2D eigenvalue weighted by atomic mass is 10.2. The van der Waals surface area contributed by atoms with Crippen molar-refractivity contribution in [1.29, 1.82) is 0 Å². The van der Waals surface area contributed by atoms with Gasteiger partial charge in [-0.3, -0.25) is 5.43 Å². The van der Waals surface area contributed by atoms with Crippen molar-refractivity contribution >= 4 is 11.9 Å². The third-order valence-electron chi connectivity index (χ3n) is 2.36. The molecule has 2 rings (SSSR count). The summed E-state index contributed by atoms with van der Waals surface area (Å²) in [5, 5.41) is 4.04. The summed E-state index contributed by atoms with van der Waals surface area (Å²) in [6.45, 7) is 0. The van der Waals surface area contributed by atoms with E-state index in [-0.39, 0.29) is 5.82 Å². The van der Waals surface area contributed by atoms with Crippen LogP contribution in [-0.2, 0) is 0 Å². The summed E-state index contributed by atoms with van der Waals surface area (Å²) in [6, 6.07) is 13.8. The van der Waals surface area contributed by atoms with Gasteiger partial charge >= 0.3 is 0 Å². The van der Waals surface area contributed by atoms with E-state index in [0.29, 0.717) is 11.3 Å². The quantitative estimate of drug-likeness (QED) is 0.661. The number of ether oxygens (including phenoxy) is 1. The molecule has 0 heterocycles. The first-order valence-electron chi connectivity index (χ1n) is 5.47. The molecule has 2 aromatic carbocycles. The standard InChI is InChI=1S/C14H13FN2O/c1-18-14-8-7-12(15)9-11(14)10-16-17-13-5-3-2-4-6-13/h2-10,17H,1H3. The third-order valence-corrected chi connectivity index (χ3v) is 2.36. The number of hydrazone groups is 1. The molecule has 0 fully saturated rings. The Morgan fingerprint density at radius 3 is 2.67 bits per heavy atom. The van der Waals surface area contributed by atoms with E-state index in [9.17, 15) is 4.39 Å². The van der Waals surface area contributed by atoms with Gasteiger partial charge in [0.05, 0.1) is 19.0 Å². The highest BCUT2D eigenvalue weighted by Crippen LogP contribution is 2.17. The fraction of sp³-hybridized carbons (Fsp3) is 0.0714. The van der Waals surface area contributed by atoms with E-state index < -0.39 is 0 Å². The molecule has 0 aliphatic rings. The Morgan fingerprint density at radius 1 is 1.17 bits per heavy atom. The molecular weight excluding hydrogens is 231 g/mol. The van der Waals surface area contributed by atoms with Gasteiger partial charge in [0.2, 0.25) is 0 Å². The van der Waals surface area contributed by atoms with Crippen LogP contribution in [0.2, 0.25) is 0 Å². The number of nitrogens with zero attached hydrogens (tertiary/aromatic N) is 1. The zero-order valence-electron chi connectivity index (χ0n) is 9.93. The molecule has 0 aliphatic heterocycles. The number of halogens is 1. The number of methoxy groups -OCH3 is 1. The number of hydrogen-bond acceptors (Lipinski definition) is 3. The zero-order valence-corrected chi connectivity index (χ0v) is 9.93. The Hall–Kier alpha value is -2.36. The monoisotopic (exact) mass is 244 g/mol. The van der Waals surface area contributed by atoms with Crippen molar-refractivity contribution in [3.63, 3.8) is 0 Å². The summed E-state index contributed by atoms with van der Waals surface area (Å²) in [7, 11) is 1.54. The molecule has 4 heteroatoms. The fourth-order valence-electron chi connectivity index (χ4n) is 1.50. The number of nitrogens with one attached hydrogen (secondary N) is 1. The van der Waals surface area contributed by atoms with Crippen LogP contribution in [0.3, 0.4) is 0 Å². The first-order valence-corrected chi connectivity index (χ1v) is 5.47. The van der Waals surface area contributed by atoms with E-state index in [1.54, 1.807) is 6.07 Å². The van der Waals surface area contributed by atoms with E-state index in [0.717, 1.165) is 5.69 Å². The van der Waals surface area contributed by atoms with Crippen molar-refractivity contribution in [3.05, 3.63) is 59.9 Å². The largest absolute Gasteiger partial charge is 0.496 e. The number of hydrogen-bond donors (Lipinski definition) is 1. The molecular formula is C14H13FN2O. The first-order chi connectivity index (χ1) is 8.79. The second kappa shape index (κ2) is 5.82. The van der Waals surface area contributed by atoms with Crippen LogP contribution in [-0.4, -0.2) is 13.3 Å². The van der Waals surface area contributed by atoms with Gasteiger partial charge in [0.15, 0.2) is 0 Å². The molecule has 0 atom stereocenters. The van der Waals surface area contributed by atoms with Crippen LogP contribution in [0, 0.1) is 5.82 Å². The van der Waals surface area contributed by atoms with Crippen molar-refractivity contribution in [2.75, 3.05) is 12.5 Å². The second-order valence-electron chi connectivity index (χ2n) is 3.62. The van der Waals surface area contributed by atoms with Gasteiger partial charge in [0.25, 0.3) is 0 Å². The molecule has 3 nitrogen and oxygen atoms in total. The lowest BCUT2D eigenvalue weighted by molar-refractivity contribution is 0.413. The summed E-state index contributed by atoms with van der Waals surface area (Å²) >= 11 is 0. The summed E-state index contributed by atoms with van der Waals surface area (Å²) in [5.74, 6) is 0.256. The van der Waals surface area contributed by atoms with Gasteiger partial charge in [-0.25, -0.2) is 4.39 Å². The van der Waals surface area contributed by atoms with Gasteiger partial charge in [-0.2, -0.15) is 5.10 Å². The molecule has 18 heavy (non-hydrogen) atoms. The Labute approximate surface area is 105 Å². The minimum absolute atomic E-state index is 0.322. The van der Waals surface area contributed by atoms with E-state index in [4.69, 9.17) is 4.74 Å². The van der Waals surface area contributed by atoms with E-state index in [2.05, 4.69) is 10.5 Å². The van der Waals surface area contributed by atoms with Crippen LogP contribution in [0.1, 0.15) is 5.56 Å². The van der Waals surface area contributed by atoms with Crippen LogP contribution in [0.4, 0.5) is 10.1 Å². The van der Waals surface area contributed by atoms with E-state index in [1.165, 1.54) is 25.5 Å². The summed E-state index contributed by atoms with van der Waals surface area (Å²) < 4.78 is 18.2. The number of anilines is 1. The maximum Gasteiger partial charge on any atom is 0.127 e. The minimum atomic E-state index is -0.322. The smallest absolute Gasteiger partial charge is 0.127 e. The van der Waals surface area contributed by atoms with Crippen molar-refractivity contribution in [2.45, 2.75) is 0 Å². The van der Waals surface area contributed by atoms with Gasteiger partial charge in [-0.15, -0.1) is 0 Å². The predicted octanol–water partition coefficient (Wildman–Crippen LogP) is 3.28. The predicted molar refractivity (Wildman–Crippen MR) is 70.6 cm³/mol. The highest BCUT2D eigenvalue weighted by molar-refractivity contribution is 5.84. The molecule has 0 unspecified atom stereocenters. The molecule has 0 aromatic heterocycles. The molecule has 0 aliphatic carbocycles. The Morgan fingerprint density at radius 2 is 1.94 bits per heavy atom. The highest BCUT2D eigenvalue weighted by atomic mass is 19.1. The average Bonchev–Trinajstić information content (AvgIpc) is 2.40. The normalized spacial score (nSPS) is 10.6. The van der Waals surface area contributed by atoms with Crippen LogP contribution in [0.15, 0.2) is 53.6 Å². The van der Waals surface area contributed by atoms with Gasteiger partial charge in [0.1, 0.15) is 11.6 Å². The second-order valence-corrected chi connectivity index (χ2v) is 3.62. The number of para-hydroxylation sites is 1. The van der Waals surface area contributed by atoms with Gasteiger partial charge in [-0.1, -0.05) is 18.2 Å². The average molecular weight is 244 g/mol. The van der Waals surface area contributed by atoms with E-state index >= 15 is 0 Å². The maximum absolute atomic E-state index is 13.1. The summed E-state index contributed by atoms with van der Waals surface area (Å²) in [4.78, 5) is 0. The Kier molecular flexibility index (Phi) is 3.91. The SMILES string of the molecule is COc1ccc(F)cc1C=NNc1ccccc1. The molecule has 92 valence electrons. The molecule has 0 radical (unpaired) electrons. The molecule has 0 bridgehead atoms. The van der Waals surface area contributed by atoms with Gasteiger partial charge in [0, 0.05) is 5.56 Å². The molecule has 0 amide bonds. The summed E-state index contributed by atoms with van der Waals surface area (Å²) in [5.41, 5.74) is 4.30. The topological polar surface area (TPSA) is 33.6 Å². The summed E-state index contributed by atoms with van der Waals surface area (Å²) in [6.07, 6.45) is 1.52. The molecule has 1 N–H and O–H groups in total. The lowest BCUT2D eigenvalue weighted by Crippen LogP contribution is -1.94. The Bertz CT molecular complexity index is 541. The lowest BCUT2D eigenvalue weighted by Gasteiger charge is -2.04. The van der Waals surface area contributed by atoms with Crippen LogP contribution in [0.5, 0.6) is 5.75 Å². The number of benzene rings is 2. The van der Waals surface area contributed by atoms with Crippen molar-refractivity contribution < 1.29 is 9.13 Å². The van der Waals surface area contributed by atoms with Crippen molar-refractivity contribution in [2.24, 2.45) is 5.10 Å². The van der Waals surface area contributed by atoms with Crippen molar-refractivity contribution in [3.8, 4) is 5.75 Å². The van der Waals surface area contributed by atoms with Gasteiger partial charge in [-0.05, 0) is 30.3 Å². The van der Waals surface area contributed by atoms with Crippen LogP contribution < -0.4 is 10.2 Å². The molecule has 0 spiro atoms. The number of rotatable bonds is 4. The van der Waals surface area contributed by atoms with Gasteiger partial charge < -0.3 is 4.74 Å². The van der Waals surface area contributed by atoms with Crippen LogP contribution >= 0.6 is 0 Å². The first kappa shape index (κ1) is 12.1. The highest BCUT2D eigenvalue weighted by Gasteiger charge is 2.01. The Balaban J connectivity index is 2.11.